The molecule has 2 aromatic rings. The Hall–Kier alpha value is -1.78. The van der Waals surface area contributed by atoms with E-state index in [-0.39, 0.29) is 34.1 Å². The molecule has 0 unspecified atom stereocenters. The van der Waals surface area contributed by atoms with Crippen LogP contribution < -0.4 is 0 Å². The van der Waals surface area contributed by atoms with Gasteiger partial charge in [0.1, 0.15) is 0 Å². The molecule has 0 amide bonds. The first-order chi connectivity index (χ1) is 8.80. The average molecular weight is 267 g/mol. The number of H-pyrrole nitrogens is 1. The number of carbonyl (C=O) groups excluding carboxylic acids is 1. The predicted molar refractivity (Wildman–Crippen MR) is 64.6 cm³/mol. The molecule has 1 aliphatic rings. The van der Waals surface area contributed by atoms with Crippen LogP contribution in [0, 0.1) is 22.9 Å². The Morgan fingerprint density at radius 1 is 1.16 bits per heavy atom. The van der Waals surface area contributed by atoms with Crippen molar-refractivity contribution in [1.29, 1.82) is 0 Å². The summed E-state index contributed by atoms with van der Waals surface area (Å²) in [4.78, 5) is 15.0. The second-order valence-electron chi connectivity index (χ2n) is 5.83. The van der Waals surface area contributed by atoms with E-state index in [9.17, 15) is 18.0 Å². The molecule has 0 spiro atoms. The lowest BCUT2D eigenvalue weighted by Crippen LogP contribution is -2.26. The van der Waals surface area contributed by atoms with E-state index in [0.717, 1.165) is 6.07 Å². The Morgan fingerprint density at radius 3 is 2.53 bits per heavy atom. The smallest absolute Gasteiger partial charge is 0.195 e. The Labute approximate surface area is 107 Å². The quantitative estimate of drug-likeness (QED) is 0.725. The summed E-state index contributed by atoms with van der Waals surface area (Å²) in [5, 5.41) is -0.130. The molecule has 3 rings (SSSR count). The van der Waals surface area contributed by atoms with Crippen LogP contribution in [0.4, 0.5) is 13.2 Å². The zero-order chi connectivity index (χ0) is 13.9. The van der Waals surface area contributed by atoms with Gasteiger partial charge >= 0.3 is 0 Å². The van der Waals surface area contributed by atoms with Crippen molar-refractivity contribution in [3.8, 4) is 0 Å². The molecule has 0 aliphatic heterocycles. The van der Waals surface area contributed by atoms with Crippen LogP contribution in [0.1, 0.15) is 36.3 Å². The normalized spacial score (nSPS) is 17.8. The Bertz CT molecular complexity index is 715. The molecule has 19 heavy (non-hydrogen) atoms. The van der Waals surface area contributed by atoms with E-state index in [1.807, 2.05) is 13.8 Å². The molecule has 1 aromatic heterocycles. The van der Waals surface area contributed by atoms with Gasteiger partial charge in [0.2, 0.25) is 0 Å². The van der Waals surface area contributed by atoms with Crippen molar-refractivity contribution in [3.63, 3.8) is 0 Å². The summed E-state index contributed by atoms with van der Waals surface area (Å²) >= 11 is 0. The number of aromatic nitrogens is 1. The molecule has 1 N–H and O–H groups in total. The maximum atomic E-state index is 13.9. The summed E-state index contributed by atoms with van der Waals surface area (Å²) in [6, 6.07) is 0.895. The Morgan fingerprint density at radius 2 is 1.84 bits per heavy atom. The van der Waals surface area contributed by atoms with Crippen molar-refractivity contribution in [2.24, 2.45) is 5.41 Å². The minimum absolute atomic E-state index is 0.130. The number of hydrogen-bond acceptors (Lipinski definition) is 1. The van der Waals surface area contributed by atoms with E-state index in [4.69, 9.17) is 0 Å². The number of ketones is 1. The minimum atomic E-state index is -1.54. The van der Waals surface area contributed by atoms with Gasteiger partial charge in [0.15, 0.2) is 23.2 Å². The monoisotopic (exact) mass is 267 g/mol. The molecule has 0 saturated carbocycles. The highest BCUT2D eigenvalue weighted by atomic mass is 19.2. The molecule has 100 valence electrons. The van der Waals surface area contributed by atoms with Crippen LogP contribution >= 0.6 is 0 Å². The van der Waals surface area contributed by atoms with Crippen LogP contribution in [0.3, 0.4) is 0 Å². The lowest BCUT2D eigenvalue weighted by molar-refractivity contribution is 0.0913. The van der Waals surface area contributed by atoms with Gasteiger partial charge in [-0.25, -0.2) is 13.2 Å². The standard InChI is InChI=1S/C14H12F3NO/c1-14(2)4-8-10(9(19)5-14)11-7(18-8)3-6(15)12(16)13(11)17/h3,18H,4-5H2,1-2H3. The summed E-state index contributed by atoms with van der Waals surface area (Å²) < 4.78 is 40.4. The maximum absolute atomic E-state index is 13.9. The molecular formula is C14H12F3NO. The fourth-order valence-corrected chi connectivity index (χ4v) is 2.82. The third kappa shape index (κ3) is 1.68. The average Bonchev–Trinajstić information content (AvgIpc) is 2.62. The fraction of sp³-hybridized carbons (Fsp3) is 0.357. The van der Waals surface area contributed by atoms with Gasteiger partial charge < -0.3 is 4.98 Å². The highest BCUT2D eigenvalue weighted by Gasteiger charge is 2.35. The van der Waals surface area contributed by atoms with E-state index < -0.39 is 17.5 Å². The Balaban J connectivity index is 2.37. The number of rotatable bonds is 0. The number of fused-ring (bicyclic) bond motifs is 3. The lowest BCUT2D eigenvalue weighted by atomic mass is 9.76. The summed E-state index contributed by atoms with van der Waals surface area (Å²) in [7, 11) is 0. The highest BCUT2D eigenvalue weighted by Crippen LogP contribution is 2.39. The number of halogens is 3. The fourth-order valence-electron chi connectivity index (χ4n) is 2.82. The first-order valence-corrected chi connectivity index (χ1v) is 6.01. The maximum Gasteiger partial charge on any atom is 0.195 e. The first kappa shape index (κ1) is 12.3. The lowest BCUT2D eigenvalue weighted by Gasteiger charge is -2.28. The third-order valence-electron chi connectivity index (χ3n) is 3.57. The SMILES string of the molecule is CC1(C)CC(=O)c2c([nH]c3cc(F)c(F)c(F)c23)C1. The summed E-state index contributed by atoms with van der Waals surface area (Å²) in [6.07, 6.45) is 0.816. The first-order valence-electron chi connectivity index (χ1n) is 6.01. The van der Waals surface area contributed by atoms with Gasteiger partial charge in [-0.1, -0.05) is 13.8 Å². The van der Waals surface area contributed by atoms with Gasteiger partial charge in [-0.05, 0) is 11.8 Å². The molecule has 5 heteroatoms. The van der Waals surface area contributed by atoms with Crippen molar-refractivity contribution in [2.45, 2.75) is 26.7 Å². The van der Waals surface area contributed by atoms with Crippen molar-refractivity contribution < 1.29 is 18.0 Å². The van der Waals surface area contributed by atoms with Gasteiger partial charge in [0.25, 0.3) is 0 Å². The Kier molecular flexibility index (Phi) is 2.34. The number of benzene rings is 1. The molecule has 0 saturated heterocycles. The van der Waals surface area contributed by atoms with Crippen molar-refractivity contribution in [1.82, 2.24) is 4.98 Å². The van der Waals surface area contributed by atoms with Crippen LogP contribution in [0.2, 0.25) is 0 Å². The second kappa shape index (κ2) is 3.62. The van der Waals surface area contributed by atoms with Crippen LogP contribution in [-0.2, 0) is 6.42 Å². The third-order valence-corrected chi connectivity index (χ3v) is 3.57. The number of hydrogen-bond donors (Lipinski definition) is 1. The molecule has 1 aliphatic carbocycles. The predicted octanol–water partition coefficient (Wildman–Crippen LogP) is 3.74. The van der Waals surface area contributed by atoms with Gasteiger partial charge in [-0.2, -0.15) is 0 Å². The van der Waals surface area contributed by atoms with Gasteiger partial charge in [-0.3, -0.25) is 4.79 Å². The number of carbonyl (C=O) groups is 1. The molecule has 0 fully saturated rings. The van der Waals surface area contributed by atoms with E-state index in [1.165, 1.54) is 0 Å². The molecule has 0 radical (unpaired) electrons. The zero-order valence-corrected chi connectivity index (χ0v) is 10.5. The largest absolute Gasteiger partial charge is 0.358 e. The summed E-state index contributed by atoms with van der Waals surface area (Å²) in [5.74, 6) is -4.31. The van der Waals surface area contributed by atoms with E-state index in [0.29, 0.717) is 12.1 Å². The molecule has 2 nitrogen and oxygen atoms in total. The minimum Gasteiger partial charge on any atom is -0.358 e. The van der Waals surface area contributed by atoms with Gasteiger partial charge in [0.05, 0.1) is 5.52 Å². The molecule has 0 atom stereocenters. The van der Waals surface area contributed by atoms with Crippen molar-refractivity contribution in [2.75, 3.05) is 0 Å². The van der Waals surface area contributed by atoms with Crippen LogP contribution in [0.5, 0.6) is 0 Å². The summed E-state index contributed by atoms with van der Waals surface area (Å²) in [5.41, 5.74) is 0.622. The number of nitrogens with one attached hydrogen (secondary N) is 1. The zero-order valence-electron chi connectivity index (χ0n) is 10.5. The van der Waals surface area contributed by atoms with Crippen LogP contribution in [0.15, 0.2) is 6.07 Å². The highest BCUT2D eigenvalue weighted by molar-refractivity contribution is 6.10. The number of aromatic amines is 1. The molecule has 0 bridgehead atoms. The van der Waals surface area contributed by atoms with Crippen LogP contribution in [-0.4, -0.2) is 10.8 Å². The van der Waals surface area contributed by atoms with E-state index in [1.54, 1.807) is 0 Å². The van der Waals surface area contributed by atoms with Gasteiger partial charge in [-0.15, -0.1) is 0 Å². The molecule has 1 heterocycles. The summed E-state index contributed by atoms with van der Waals surface area (Å²) in [6.45, 7) is 3.85. The van der Waals surface area contributed by atoms with Gasteiger partial charge in [0, 0.05) is 29.1 Å². The van der Waals surface area contributed by atoms with Crippen molar-refractivity contribution >= 4 is 16.7 Å². The topological polar surface area (TPSA) is 32.9 Å². The van der Waals surface area contributed by atoms with Crippen molar-refractivity contribution in [3.05, 3.63) is 34.8 Å². The second-order valence-corrected chi connectivity index (χ2v) is 5.83. The van der Waals surface area contributed by atoms with E-state index in [2.05, 4.69) is 4.98 Å². The van der Waals surface area contributed by atoms with Crippen LogP contribution in [0.25, 0.3) is 10.9 Å². The number of Topliss-reactive ketones (excluding diaryl/α,β-unsaturated/α-hetero) is 1. The molecule has 1 aromatic carbocycles. The molecular weight excluding hydrogens is 255 g/mol. The van der Waals surface area contributed by atoms with E-state index >= 15 is 0 Å².